The standard InChI is InChI=1S/C11H16/c1-3-5-7-9-11-10-8-6-4-2/h3-4,9-11H2,1-2H3. The van der Waals surface area contributed by atoms with E-state index in [4.69, 9.17) is 0 Å². The summed E-state index contributed by atoms with van der Waals surface area (Å²) in [7, 11) is 0. The van der Waals surface area contributed by atoms with Crippen LogP contribution in [-0.2, 0) is 0 Å². The first kappa shape index (κ1) is 10.1. The third-order valence-corrected chi connectivity index (χ3v) is 1.21. The lowest BCUT2D eigenvalue weighted by molar-refractivity contribution is 0.901. The molecule has 11 heavy (non-hydrogen) atoms. The molecule has 0 rings (SSSR count). The molecule has 0 aromatic heterocycles. The van der Waals surface area contributed by atoms with Crippen LogP contribution in [-0.4, -0.2) is 0 Å². The smallest absolute Gasteiger partial charge is 0.00977 e. The summed E-state index contributed by atoms with van der Waals surface area (Å²) < 4.78 is 0. The molecule has 0 atom stereocenters. The summed E-state index contributed by atoms with van der Waals surface area (Å²) in [6.07, 6.45) is 5.08. The molecule has 0 amide bonds. The summed E-state index contributed by atoms with van der Waals surface area (Å²) in [5.74, 6) is 12.3. The molecule has 0 saturated carbocycles. The van der Waals surface area contributed by atoms with Crippen LogP contribution in [0.25, 0.3) is 0 Å². The van der Waals surface area contributed by atoms with Crippen LogP contribution in [0.3, 0.4) is 0 Å². The van der Waals surface area contributed by atoms with Gasteiger partial charge in [0.2, 0.25) is 0 Å². The van der Waals surface area contributed by atoms with Crippen molar-refractivity contribution in [1.82, 2.24) is 0 Å². The topological polar surface area (TPSA) is 0 Å². The Balaban J connectivity index is 3.14. The first-order chi connectivity index (χ1) is 5.41. The largest absolute Gasteiger partial charge is 0.104 e. The van der Waals surface area contributed by atoms with Crippen LogP contribution >= 0.6 is 0 Å². The number of unbranched alkanes of at least 4 members (excludes halogenated alkanes) is 2. The van der Waals surface area contributed by atoms with Crippen molar-refractivity contribution in [3.05, 3.63) is 0 Å². The second-order valence-corrected chi connectivity index (χ2v) is 2.27. The minimum absolute atomic E-state index is 0.973. The molecule has 0 aliphatic carbocycles. The molecule has 0 aliphatic rings. The van der Waals surface area contributed by atoms with Crippen molar-refractivity contribution in [3.8, 4) is 23.7 Å². The van der Waals surface area contributed by atoms with Crippen LogP contribution in [0.4, 0.5) is 0 Å². The van der Waals surface area contributed by atoms with Gasteiger partial charge in [0.1, 0.15) is 0 Å². The third kappa shape index (κ3) is 9.12. The van der Waals surface area contributed by atoms with E-state index in [1.807, 2.05) is 0 Å². The van der Waals surface area contributed by atoms with E-state index in [1.165, 1.54) is 0 Å². The molecule has 0 saturated heterocycles. The number of rotatable bonds is 2. The fourth-order valence-electron chi connectivity index (χ4n) is 0.692. The predicted octanol–water partition coefficient (Wildman–Crippen LogP) is 2.98. The highest BCUT2D eigenvalue weighted by Crippen LogP contribution is 1.91. The summed E-state index contributed by atoms with van der Waals surface area (Å²) in [5, 5.41) is 0. The molecule has 0 unspecified atom stereocenters. The van der Waals surface area contributed by atoms with Gasteiger partial charge in [-0.1, -0.05) is 13.8 Å². The minimum atomic E-state index is 0.973. The molecule has 0 heterocycles. The van der Waals surface area contributed by atoms with Crippen molar-refractivity contribution in [2.75, 3.05) is 0 Å². The Morgan fingerprint density at radius 3 is 1.55 bits per heavy atom. The van der Waals surface area contributed by atoms with Crippen molar-refractivity contribution in [2.45, 2.75) is 46.0 Å². The van der Waals surface area contributed by atoms with E-state index in [9.17, 15) is 0 Å². The Morgan fingerprint density at radius 2 is 1.18 bits per heavy atom. The predicted molar refractivity (Wildman–Crippen MR) is 50.0 cm³/mol. The zero-order valence-corrected chi connectivity index (χ0v) is 7.54. The Bertz CT molecular complexity index is 158. The van der Waals surface area contributed by atoms with Gasteiger partial charge in [0.15, 0.2) is 0 Å². The van der Waals surface area contributed by atoms with Gasteiger partial charge in [-0.15, -0.1) is 23.7 Å². The molecule has 0 nitrogen and oxygen atoms in total. The third-order valence-electron chi connectivity index (χ3n) is 1.21. The van der Waals surface area contributed by atoms with Crippen LogP contribution in [0.2, 0.25) is 0 Å². The first-order valence-corrected chi connectivity index (χ1v) is 4.33. The molecule has 60 valence electrons. The molecule has 0 N–H and O–H groups in total. The van der Waals surface area contributed by atoms with Gasteiger partial charge >= 0.3 is 0 Å². The van der Waals surface area contributed by atoms with Crippen LogP contribution in [0.5, 0.6) is 0 Å². The lowest BCUT2D eigenvalue weighted by atomic mass is 10.2. The molecule has 0 aliphatic heterocycles. The maximum Gasteiger partial charge on any atom is 0.00977 e. The Morgan fingerprint density at radius 1 is 0.727 bits per heavy atom. The lowest BCUT2D eigenvalue weighted by Crippen LogP contribution is -1.69. The molecule has 0 bridgehead atoms. The zero-order chi connectivity index (χ0) is 8.36. The summed E-state index contributed by atoms with van der Waals surface area (Å²) in [4.78, 5) is 0. The molecule has 0 aromatic rings. The van der Waals surface area contributed by atoms with Crippen LogP contribution in [0.1, 0.15) is 46.0 Å². The maximum absolute atomic E-state index is 3.09. The summed E-state index contributed by atoms with van der Waals surface area (Å²) >= 11 is 0. The highest BCUT2D eigenvalue weighted by Gasteiger charge is 1.77. The molecule has 0 radical (unpaired) electrons. The van der Waals surface area contributed by atoms with Crippen molar-refractivity contribution in [3.63, 3.8) is 0 Å². The first-order valence-electron chi connectivity index (χ1n) is 4.33. The van der Waals surface area contributed by atoms with E-state index in [0.717, 1.165) is 32.1 Å². The van der Waals surface area contributed by atoms with Gasteiger partial charge in [-0.05, 0) is 6.42 Å². The maximum atomic E-state index is 3.09. The second-order valence-electron chi connectivity index (χ2n) is 2.27. The van der Waals surface area contributed by atoms with E-state index < -0.39 is 0 Å². The molecular weight excluding hydrogens is 132 g/mol. The van der Waals surface area contributed by atoms with Gasteiger partial charge in [-0.3, -0.25) is 0 Å². The van der Waals surface area contributed by atoms with E-state index >= 15 is 0 Å². The van der Waals surface area contributed by atoms with Gasteiger partial charge in [-0.2, -0.15) is 0 Å². The molecule has 0 aromatic carbocycles. The van der Waals surface area contributed by atoms with Gasteiger partial charge in [-0.25, -0.2) is 0 Å². The van der Waals surface area contributed by atoms with E-state index in [1.54, 1.807) is 0 Å². The van der Waals surface area contributed by atoms with Crippen LogP contribution in [0, 0.1) is 23.7 Å². The number of hydrogen-bond acceptors (Lipinski definition) is 0. The monoisotopic (exact) mass is 148 g/mol. The van der Waals surface area contributed by atoms with Crippen molar-refractivity contribution in [1.29, 1.82) is 0 Å². The van der Waals surface area contributed by atoms with Gasteiger partial charge in [0.05, 0.1) is 0 Å². The molecule has 0 heteroatoms. The fraction of sp³-hybridized carbons (Fsp3) is 0.636. The van der Waals surface area contributed by atoms with Crippen LogP contribution in [0.15, 0.2) is 0 Å². The van der Waals surface area contributed by atoms with Gasteiger partial charge in [0, 0.05) is 25.7 Å². The number of hydrogen-bond donors (Lipinski definition) is 0. The summed E-state index contributed by atoms with van der Waals surface area (Å²) in [6, 6.07) is 0. The highest BCUT2D eigenvalue weighted by atomic mass is 13.8. The van der Waals surface area contributed by atoms with Gasteiger partial charge < -0.3 is 0 Å². The molecular formula is C11H16. The van der Waals surface area contributed by atoms with Gasteiger partial charge in [0.25, 0.3) is 0 Å². The average Bonchev–Trinajstić information content (AvgIpc) is 2.03. The minimum Gasteiger partial charge on any atom is -0.104 e. The lowest BCUT2D eigenvalue weighted by Gasteiger charge is -1.83. The average molecular weight is 148 g/mol. The van der Waals surface area contributed by atoms with Crippen LogP contribution < -0.4 is 0 Å². The van der Waals surface area contributed by atoms with Crippen molar-refractivity contribution < 1.29 is 0 Å². The fourth-order valence-corrected chi connectivity index (χ4v) is 0.692. The normalized spacial score (nSPS) is 7.45. The Labute approximate surface area is 70.4 Å². The van der Waals surface area contributed by atoms with Crippen molar-refractivity contribution >= 4 is 0 Å². The highest BCUT2D eigenvalue weighted by molar-refractivity contribution is 5.01. The quantitative estimate of drug-likeness (QED) is 0.417. The van der Waals surface area contributed by atoms with Crippen molar-refractivity contribution in [2.24, 2.45) is 0 Å². The molecule has 0 spiro atoms. The Kier molecular flexibility index (Phi) is 8.39. The summed E-state index contributed by atoms with van der Waals surface area (Å²) in [5.41, 5.74) is 0. The summed E-state index contributed by atoms with van der Waals surface area (Å²) in [6.45, 7) is 4.15. The zero-order valence-electron chi connectivity index (χ0n) is 7.54. The molecule has 0 fully saturated rings. The SMILES string of the molecule is CCC#CCCCC#CCC. The van der Waals surface area contributed by atoms with E-state index in [-0.39, 0.29) is 0 Å². The van der Waals surface area contributed by atoms with E-state index in [2.05, 4.69) is 37.5 Å². The second kappa shape index (κ2) is 9.12. The van der Waals surface area contributed by atoms with E-state index in [0.29, 0.717) is 0 Å². The Hall–Kier alpha value is -0.880.